The number of amides is 2. The van der Waals surface area contributed by atoms with Gasteiger partial charge < -0.3 is 10.6 Å². The third kappa shape index (κ3) is 6.76. The summed E-state index contributed by atoms with van der Waals surface area (Å²) in [6.45, 7) is 7.51. The Hall–Kier alpha value is -3.46. The normalized spacial score (nSPS) is 20.0. The molecule has 1 aromatic heterocycles. The van der Waals surface area contributed by atoms with Gasteiger partial charge in [-0.1, -0.05) is 43.7 Å². The van der Waals surface area contributed by atoms with Gasteiger partial charge >= 0.3 is 0 Å². The van der Waals surface area contributed by atoms with Gasteiger partial charge in [-0.05, 0) is 66.8 Å². The summed E-state index contributed by atoms with van der Waals surface area (Å²) in [5.74, 6) is 1.12. The number of carbonyl (C=O) groups excluding carboxylic acids is 2. The summed E-state index contributed by atoms with van der Waals surface area (Å²) in [7, 11) is 0. The minimum absolute atomic E-state index is 0.0292. The van der Waals surface area contributed by atoms with E-state index in [-0.39, 0.29) is 23.7 Å². The van der Waals surface area contributed by atoms with E-state index in [1.807, 2.05) is 12.1 Å². The van der Waals surface area contributed by atoms with Crippen molar-refractivity contribution in [3.05, 3.63) is 77.1 Å². The minimum atomic E-state index is -0.159. The van der Waals surface area contributed by atoms with Gasteiger partial charge in [-0.15, -0.1) is 0 Å². The molecular weight excluding hydrogens is 412 g/mol. The number of nitriles is 1. The number of aromatic nitrogens is 1. The van der Waals surface area contributed by atoms with Crippen molar-refractivity contribution in [1.29, 1.82) is 5.26 Å². The fourth-order valence-electron chi connectivity index (χ4n) is 4.50. The third-order valence-corrected chi connectivity index (χ3v) is 6.48. The summed E-state index contributed by atoms with van der Waals surface area (Å²) < 4.78 is 0. The highest BCUT2D eigenvalue weighted by Crippen LogP contribution is 2.38. The summed E-state index contributed by atoms with van der Waals surface area (Å²) in [6.07, 6.45) is 5.24. The van der Waals surface area contributed by atoms with Crippen molar-refractivity contribution in [1.82, 2.24) is 15.6 Å². The van der Waals surface area contributed by atoms with Gasteiger partial charge in [-0.2, -0.15) is 5.26 Å². The first-order valence-electron chi connectivity index (χ1n) is 11.5. The molecule has 1 heterocycles. The second kappa shape index (κ2) is 11.4. The van der Waals surface area contributed by atoms with Crippen molar-refractivity contribution in [2.45, 2.75) is 40.2 Å². The number of allylic oxidation sites excluding steroid dienone is 1. The number of rotatable bonds is 8. The predicted octanol–water partition coefficient (Wildman–Crippen LogP) is 4.24. The quantitative estimate of drug-likeness (QED) is 0.595. The van der Waals surface area contributed by atoms with Gasteiger partial charge in [0.2, 0.25) is 5.91 Å². The van der Waals surface area contributed by atoms with Gasteiger partial charge in [-0.3, -0.25) is 14.6 Å². The van der Waals surface area contributed by atoms with E-state index < -0.39 is 0 Å². The van der Waals surface area contributed by atoms with Gasteiger partial charge in [0.15, 0.2) is 0 Å². The van der Waals surface area contributed by atoms with E-state index in [0.29, 0.717) is 42.6 Å². The summed E-state index contributed by atoms with van der Waals surface area (Å²) in [5.41, 5.74) is 3.21. The zero-order valence-corrected chi connectivity index (χ0v) is 19.5. The molecule has 0 bridgehead atoms. The van der Waals surface area contributed by atoms with Crippen LogP contribution in [-0.4, -0.2) is 23.3 Å². The third-order valence-electron chi connectivity index (χ3n) is 6.48. The first-order chi connectivity index (χ1) is 15.9. The van der Waals surface area contributed by atoms with Crippen LogP contribution in [0.25, 0.3) is 0 Å². The van der Waals surface area contributed by atoms with Crippen molar-refractivity contribution in [2.24, 2.45) is 23.7 Å². The van der Waals surface area contributed by atoms with E-state index in [9.17, 15) is 9.59 Å². The van der Waals surface area contributed by atoms with Gasteiger partial charge in [0, 0.05) is 25.7 Å². The van der Waals surface area contributed by atoms with Crippen LogP contribution in [0.1, 0.15) is 55.2 Å². The van der Waals surface area contributed by atoms with Crippen molar-refractivity contribution in [3.63, 3.8) is 0 Å². The van der Waals surface area contributed by atoms with E-state index in [4.69, 9.17) is 5.26 Å². The van der Waals surface area contributed by atoms with Gasteiger partial charge in [0.1, 0.15) is 5.69 Å². The van der Waals surface area contributed by atoms with Crippen LogP contribution in [-0.2, 0) is 11.3 Å². The predicted molar refractivity (Wildman–Crippen MR) is 128 cm³/mol. The number of pyridine rings is 1. The van der Waals surface area contributed by atoms with Crippen LogP contribution in [0.4, 0.5) is 0 Å². The summed E-state index contributed by atoms with van der Waals surface area (Å²) in [6, 6.07) is 14.7. The van der Waals surface area contributed by atoms with Crippen LogP contribution in [0.15, 0.2) is 60.3 Å². The number of carbonyl (C=O) groups is 2. The first-order valence-corrected chi connectivity index (χ1v) is 11.5. The van der Waals surface area contributed by atoms with Crippen molar-refractivity contribution < 1.29 is 9.59 Å². The molecule has 1 aliphatic carbocycles. The largest absolute Gasteiger partial charge is 0.352 e. The molecule has 0 radical (unpaired) electrons. The summed E-state index contributed by atoms with van der Waals surface area (Å²) in [4.78, 5) is 29.2. The highest BCUT2D eigenvalue weighted by Gasteiger charge is 2.32. The van der Waals surface area contributed by atoms with Crippen molar-refractivity contribution in [3.8, 4) is 6.07 Å². The van der Waals surface area contributed by atoms with Crippen molar-refractivity contribution in [2.75, 3.05) is 6.54 Å². The van der Waals surface area contributed by atoms with Crippen LogP contribution in [0.3, 0.4) is 0 Å². The average Bonchev–Trinajstić information content (AvgIpc) is 2.83. The van der Waals surface area contributed by atoms with Gasteiger partial charge in [0.05, 0.1) is 11.6 Å². The number of nitrogens with zero attached hydrogens (tertiary/aromatic N) is 2. The SMILES string of the molecule is CC1=C[C@@H](CNC(=O)c2ccccn2)[C@H](C(C)C)C[C@H]1CC(=O)NCc1ccc(C#N)cc1. The smallest absolute Gasteiger partial charge is 0.269 e. The second-order valence-electron chi connectivity index (χ2n) is 9.13. The maximum atomic E-state index is 12.6. The fraction of sp³-hybridized carbons (Fsp3) is 0.407. The molecule has 0 spiro atoms. The second-order valence-corrected chi connectivity index (χ2v) is 9.13. The summed E-state index contributed by atoms with van der Waals surface area (Å²) >= 11 is 0. The fourth-order valence-corrected chi connectivity index (χ4v) is 4.50. The molecule has 1 aromatic carbocycles. The Kier molecular flexibility index (Phi) is 8.37. The molecule has 6 heteroatoms. The lowest BCUT2D eigenvalue weighted by Crippen LogP contribution is -2.38. The van der Waals surface area contributed by atoms with Crippen LogP contribution >= 0.6 is 0 Å². The van der Waals surface area contributed by atoms with Crippen LogP contribution in [0.2, 0.25) is 0 Å². The van der Waals surface area contributed by atoms with Crippen LogP contribution < -0.4 is 10.6 Å². The molecule has 6 nitrogen and oxygen atoms in total. The number of benzene rings is 1. The van der Waals surface area contributed by atoms with Gasteiger partial charge in [-0.25, -0.2) is 0 Å². The van der Waals surface area contributed by atoms with Crippen LogP contribution in [0, 0.1) is 35.0 Å². The Labute approximate surface area is 196 Å². The Balaban J connectivity index is 1.57. The molecule has 33 heavy (non-hydrogen) atoms. The van der Waals surface area contributed by atoms with Crippen molar-refractivity contribution >= 4 is 11.8 Å². The molecule has 0 aliphatic heterocycles. The Bertz CT molecular complexity index is 1020. The molecule has 0 unspecified atom stereocenters. The van der Waals surface area contributed by atoms with E-state index in [0.717, 1.165) is 12.0 Å². The molecule has 3 rings (SSSR count). The van der Waals surface area contributed by atoms with Gasteiger partial charge in [0.25, 0.3) is 5.91 Å². The zero-order valence-electron chi connectivity index (χ0n) is 19.5. The van der Waals surface area contributed by atoms with Crippen LogP contribution in [0.5, 0.6) is 0 Å². The van der Waals surface area contributed by atoms with E-state index in [1.165, 1.54) is 5.57 Å². The Morgan fingerprint density at radius 1 is 1.15 bits per heavy atom. The lowest BCUT2D eigenvalue weighted by Gasteiger charge is -2.37. The standard InChI is InChI=1S/C27H32N4O2/c1-18(2)24-13-22(14-26(32)30-16-21-9-7-20(15-28)8-10-21)19(3)12-23(24)17-31-27(33)25-6-4-5-11-29-25/h4-12,18,22-24H,13-14,16-17H2,1-3H3,(H,30,32)(H,31,33)/t22-,23-,24-/m0/s1. The van der Waals surface area contributed by atoms with E-state index in [1.54, 1.807) is 36.5 Å². The first kappa shape index (κ1) is 24.2. The highest BCUT2D eigenvalue weighted by atomic mass is 16.2. The summed E-state index contributed by atoms with van der Waals surface area (Å²) in [5, 5.41) is 14.9. The minimum Gasteiger partial charge on any atom is -0.352 e. The Morgan fingerprint density at radius 3 is 2.55 bits per heavy atom. The molecule has 1 aliphatic rings. The Morgan fingerprint density at radius 2 is 1.91 bits per heavy atom. The molecule has 0 saturated heterocycles. The molecule has 2 amide bonds. The molecule has 2 N–H and O–H groups in total. The molecule has 2 aromatic rings. The number of nitrogens with one attached hydrogen (secondary N) is 2. The van der Waals surface area contributed by atoms with E-state index in [2.05, 4.69) is 48.5 Å². The topological polar surface area (TPSA) is 94.9 Å². The molecule has 0 fully saturated rings. The number of hydrogen-bond acceptors (Lipinski definition) is 4. The lowest BCUT2D eigenvalue weighted by atomic mass is 9.69. The average molecular weight is 445 g/mol. The molecular formula is C27H32N4O2. The van der Waals surface area contributed by atoms with E-state index >= 15 is 0 Å². The maximum Gasteiger partial charge on any atom is 0.269 e. The molecule has 3 atom stereocenters. The highest BCUT2D eigenvalue weighted by molar-refractivity contribution is 5.92. The molecule has 0 saturated carbocycles. The number of hydrogen-bond donors (Lipinski definition) is 2. The monoisotopic (exact) mass is 444 g/mol. The zero-order chi connectivity index (χ0) is 23.8. The lowest BCUT2D eigenvalue weighted by molar-refractivity contribution is -0.122. The molecule has 172 valence electrons. The maximum absolute atomic E-state index is 12.6.